The van der Waals surface area contributed by atoms with E-state index in [4.69, 9.17) is 0 Å². The van der Waals surface area contributed by atoms with Gasteiger partial charge in [-0.25, -0.2) is 8.78 Å². The molecule has 1 aromatic heterocycles. The SMILES string of the molecule is O=C(c1ccnn1CC(F)F)N1CCC[C@@H]1/C=C/c1ccccc1. The van der Waals surface area contributed by atoms with Crippen molar-refractivity contribution in [1.29, 1.82) is 0 Å². The van der Waals surface area contributed by atoms with Crippen molar-refractivity contribution >= 4 is 12.0 Å². The van der Waals surface area contributed by atoms with Gasteiger partial charge in [0.2, 0.25) is 0 Å². The van der Waals surface area contributed by atoms with Crippen molar-refractivity contribution in [3.8, 4) is 0 Å². The minimum absolute atomic E-state index is 0.0207. The normalized spacial score (nSPS) is 18.0. The van der Waals surface area contributed by atoms with E-state index >= 15 is 0 Å². The molecule has 3 rings (SSSR count). The first-order valence-corrected chi connectivity index (χ1v) is 7.99. The summed E-state index contributed by atoms with van der Waals surface area (Å²) in [5.74, 6) is -0.242. The Balaban J connectivity index is 1.74. The van der Waals surface area contributed by atoms with Crippen LogP contribution in [0.15, 0.2) is 48.7 Å². The van der Waals surface area contributed by atoms with Gasteiger partial charge in [-0.05, 0) is 24.5 Å². The lowest BCUT2D eigenvalue weighted by molar-refractivity contribution is 0.0736. The predicted molar refractivity (Wildman–Crippen MR) is 87.8 cm³/mol. The van der Waals surface area contributed by atoms with Gasteiger partial charge in [0, 0.05) is 12.7 Å². The average molecular weight is 331 g/mol. The zero-order valence-electron chi connectivity index (χ0n) is 13.2. The molecule has 1 aliphatic heterocycles. The minimum Gasteiger partial charge on any atom is -0.331 e. The second kappa shape index (κ2) is 7.38. The fraction of sp³-hybridized carbons (Fsp3) is 0.333. The molecule has 0 saturated carbocycles. The fourth-order valence-electron chi connectivity index (χ4n) is 2.97. The number of nitrogens with zero attached hydrogens (tertiary/aromatic N) is 3. The Kier molecular flexibility index (Phi) is 5.03. The number of aromatic nitrogens is 2. The average Bonchev–Trinajstić information content (AvgIpc) is 3.22. The van der Waals surface area contributed by atoms with Crippen molar-refractivity contribution in [2.45, 2.75) is 31.9 Å². The molecule has 1 fully saturated rings. The summed E-state index contributed by atoms with van der Waals surface area (Å²) >= 11 is 0. The van der Waals surface area contributed by atoms with Crippen LogP contribution in [0.4, 0.5) is 8.78 Å². The van der Waals surface area contributed by atoms with E-state index in [-0.39, 0.29) is 17.6 Å². The van der Waals surface area contributed by atoms with Crippen LogP contribution >= 0.6 is 0 Å². The summed E-state index contributed by atoms with van der Waals surface area (Å²) in [7, 11) is 0. The van der Waals surface area contributed by atoms with E-state index in [2.05, 4.69) is 5.10 Å². The first-order valence-electron chi connectivity index (χ1n) is 7.99. The molecule has 1 aliphatic rings. The van der Waals surface area contributed by atoms with E-state index in [9.17, 15) is 13.6 Å². The Morgan fingerprint density at radius 2 is 2.08 bits per heavy atom. The van der Waals surface area contributed by atoms with Crippen LogP contribution in [-0.2, 0) is 6.54 Å². The van der Waals surface area contributed by atoms with E-state index in [0.29, 0.717) is 6.54 Å². The zero-order valence-corrected chi connectivity index (χ0v) is 13.2. The van der Waals surface area contributed by atoms with E-state index in [1.54, 1.807) is 4.90 Å². The molecule has 2 heterocycles. The van der Waals surface area contributed by atoms with E-state index < -0.39 is 13.0 Å². The summed E-state index contributed by atoms with van der Waals surface area (Å²) in [5, 5.41) is 3.84. The minimum atomic E-state index is -2.54. The summed E-state index contributed by atoms with van der Waals surface area (Å²) in [6, 6.07) is 11.3. The molecular formula is C18H19F2N3O. The lowest BCUT2D eigenvalue weighted by Crippen LogP contribution is -2.36. The molecule has 0 spiro atoms. The van der Waals surface area contributed by atoms with Crippen molar-refractivity contribution in [3.63, 3.8) is 0 Å². The molecule has 0 radical (unpaired) electrons. The smallest absolute Gasteiger partial charge is 0.272 e. The summed E-state index contributed by atoms with van der Waals surface area (Å²) in [6.45, 7) is 0.0644. The van der Waals surface area contributed by atoms with Crippen LogP contribution in [0, 0.1) is 0 Å². The standard InChI is InChI=1S/C18H19F2N3O/c19-17(20)13-23-16(10-11-21-23)18(24)22-12-4-7-15(22)9-8-14-5-2-1-3-6-14/h1-3,5-6,8-11,15,17H,4,7,12-13H2/b9-8+/t15-/m1/s1. The number of carbonyl (C=O) groups excluding carboxylic acids is 1. The number of rotatable bonds is 5. The highest BCUT2D eigenvalue weighted by Crippen LogP contribution is 2.22. The van der Waals surface area contributed by atoms with Crippen LogP contribution in [0.3, 0.4) is 0 Å². The van der Waals surface area contributed by atoms with Gasteiger partial charge in [-0.2, -0.15) is 5.10 Å². The van der Waals surface area contributed by atoms with E-state index in [0.717, 1.165) is 23.1 Å². The summed E-state index contributed by atoms with van der Waals surface area (Å²) in [4.78, 5) is 14.5. The Morgan fingerprint density at radius 3 is 2.83 bits per heavy atom. The van der Waals surface area contributed by atoms with Crippen molar-refractivity contribution in [1.82, 2.24) is 14.7 Å². The summed E-state index contributed by atoms with van der Waals surface area (Å²) < 4.78 is 26.3. The molecule has 1 aromatic carbocycles. The molecule has 24 heavy (non-hydrogen) atoms. The van der Waals surface area contributed by atoms with Crippen LogP contribution in [0.2, 0.25) is 0 Å². The molecule has 1 saturated heterocycles. The first kappa shape index (κ1) is 16.4. The van der Waals surface area contributed by atoms with Crippen molar-refractivity contribution in [2.75, 3.05) is 6.54 Å². The number of carbonyl (C=O) groups is 1. The number of hydrogen-bond donors (Lipinski definition) is 0. The monoisotopic (exact) mass is 331 g/mol. The molecule has 0 unspecified atom stereocenters. The van der Waals surface area contributed by atoms with Crippen LogP contribution in [0.5, 0.6) is 0 Å². The van der Waals surface area contributed by atoms with Gasteiger partial charge < -0.3 is 4.90 Å². The highest BCUT2D eigenvalue weighted by atomic mass is 19.3. The third-order valence-electron chi connectivity index (χ3n) is 4.12. The molecule has 2 aromatic rings. The molecule has 0 bridgehead atoms. The topological polar surface area (TPSA) is 38.1 Å². The van der Waals surface area contributed by atoms with Gasteiger partial charge >= 0.3 is 0 Å². The third-order valence-corrected chi connectivity index (χ3v) is 4.12. The Labute approximate surface area is 139 Å². The molecule has 0 N–H and O–H groups in total. The second-order valence-electron chi connectivity index (χ2n) is 5.77. The van der Waals surface area contributed by atoms with E-state index in [1.807, 2.05) is 42.5 Å². The zero-order chi connectivity index (χ0) is 16.9. The molecule has 126 valence electrons. The van der Waals surface area contributed by atoms with Gasteiger partial charge in [-0.3, -0.25) is 9.48 Å². The Bertz CT molecular complexity index is 712. The molecule has 1 amide bonds. The second-order valence-corrected chi connectivity index (χ2v) is 5.77. The third kappa shape index (κ3) is 3.69. The molecule has 1 atom stereocenters. The number of benzene rings is 1. The maximum Gasteiger partial charge on any atom is 0.272 e. The van der Waals surface area contributed by atoms with Gasteiger partial charge in [0.05, 0.1) is 6.04 Å². The van der Waals surface area contributed by atoms with Crippen LogP contribution in [0.1, 0.15) is 28.9 Å². The lowest BCUT2D eigenvalue weighted by atomic mass is 10.1. The number of hydrogen-bond acceptors (Lipinski definition) is 2. The van der Waals surface area contributed by atoms with Crippen molar-refractivity contribution in [2.24, 2.45) is 0 Å². The van der Waals surface area contributed by atoms with Gasteiger partial charge in [0.15, 0.2) is 0 Å². The number of amides is 1. The predicted octanol–water partition coefficient (Wildman–Crippen LogP) is 3.47. The number of alkyl halides is 2. The van der Waals surface area contributed by atoms with Gasteiger partial charge in [-0.15, -0.1) is 0 Å². The van der Waals surface area contributed by atoms with Crippen LogP contribution < -0.4 is 0 Å². The van der Waals surface area contributed by atoms with Gasteiger partial charge in [0.25, 0.3) is 12.3 Å². The number of likely N-dealkylation sites (tertiary alicyclic amines) is 1. The van der Waals surface area contributed by atoms with Crippen molar-refractivity contribution in [3.05, 3.63) is 59.9 Å². The Hall–Kier alpha value is -2.50. The summed E-state index contributed by atoms with van der Waals surface area (Å²) in [6.07, 6.45) is 4.63. The molecule has 6 heteroatoms. The van der Waals surface area contributed by atoms with Crippen LogP contribution in [0.25, 0.3) is 6.08 Å². The quantitative estimate of drug-likeness (QED) is 0.841. The maximum absolute atomic E-state index is 12.7. The molecule has 4 nitrogen and oxygen atoms in total. The number of halogens is 2. The maximum atomic E-state index is 12.7. The summed E-state index contributed by atoms with van der Waals surface area (Å²) in [5.41, 5.74) is 1.29. The van der Waals surface area contributed by atoms with E-state index in [1.165, 1.54) is 12.3 Å². The van der Waals surface area contributed by atoms with Gasteiger partial charge in [-0.1, -0.05) is 42.5 Å². The first-order chi connectivity index (χ1) is 11.6. The highest BCUT2D eigenvalue weighted by Gasteiger charge is 2.29. The lowest BCUT2D eigenvalue weighted by Gasteiger charge is -2.22. The highest BCUT2D eigenvalue weighted by molar-refractivity contribution is 5.93. The Morgan fingerprint density at radius 1 is 1.29 bits per heavy atom. The van der Waals surface area contributed by atoms with Crippen LogP contribution in [-0.4, -0.2) is 39.6 Å². The fourth-order valence-corrected chi connectivity index (χ4v) is 2.97. The largest absolute Gasteiger partial charge is 0.331 e. The van der Waals surface area contributed by atoms with Gasteiger partial charge in [0.1, 0.15) is 12.2 Å². The molecule has 0 aliphatic carbocycles. The molecular weight excluding hydrogens is 312 g/mol. The van der Waals surface area contributed by atoms with Crippen molar-refractivity contribution < 1.29 is 13.6 Å².